The number of aromatic carboxylic acids is 1. The summed E-state index contributed by atoms with van der Waals surface area (Å²) in [5.74, 6) is -1.47. The quantitative estimate of drug-likeness (QED) is 0.831. The highest BCUT2D eigenvalue weighted by Gasteiger charge is 2.23. The van der Waals surface area contributed by atoms with Crippen molar-refractivity contribution < 1.29 is 19.0 Å². The Hall–Kier alpha value is -3.04. The number of aromatic nitrogens is 4. The van der Waals surface area contributed by atoms with Crippen LogP contribution in [0.2, 0.25) is 0 Å². The topological polar surface area (TPSA) is 127 Å². The predicted octanol–water partition coefficient (Wildman–Crippen LogP) is 0.734. The van der Waals surface area contributed by atoms with Gasteiger partial charge in [0.15, 0.2) is 17.3 Å². The molecule has 0 aromatic carbocycles. The van der Waals surface area contributed by atoms with Crippen LogP contribution < -0.4 is 15.4 Å². The molecule has 1 aliphatic heterocycles. The number of nitrogens with zero attached hydrogens (tertiary/aromatic N) is 5. The van der Waals surface area contributed by atoms with Gasteiger partial charge >= 0.3 is 12.0 Å². The van der Waals surface area contributed by atoms with Gasteiger partial charge in [-0.2, -0.15) is 4.98 Å². The van der Waals surface area contributed by atoms with E-state index in [0.717, 1.165) is 6.20 Å². The minimum Gasteiger partial charge on any atom is -0.477 e. The monoisotopic (exact) mass is 334 g/mol. The Morgan fingerprint density at radius 2 is 2.08 bits per heavy atom. The molecule has 1 saturated heterocycles. The first-order chi connectivity index (χ1) is 11.5. The van der Waals surface area contributed by atoms with Crippen LogP contribution in [0.25, 0.3) is 0 Å². The summed E-state index contributed by atoms with van der Waals surface area (Å²) >= 11 is 0. The number of carboxylic acids is 1. The third kappa shape index (κ3) is 3.47. The molecule has 1 aliphatic rings. The molecule has 3 rings (SSSR count). The molecular weight excluding hydrogens is 319 g/mol. The summed E-state index contributed by atoms with van der Waals surface area (Å²) in [6.07, 6.45) is 3.39. The van der Waals surface area contributed by atoms with E-state index in [4.69, 9.17) is 15.6 Å². The Labute approximate surface area is 136 Å². The van der Waals surface area contributed by atoms with Gasteiger partial charge in [0.2, 0.25) is 0 Å². The van der Waals surface area contributed by atoms with E-state index in [9.17, 15) is 9.18 Å². The number of rotatable bonds is 4. The zero-order valence-corrected chi connectivity index (χ0v) is 12.6. The molecule has 0 saturated carbocycles. The van der Waals surface area contributed by atoms with Crippen molar-refractivity contribution in [1.29, 1.82) is 0 Å². The SMILES string of the molecule is Nc1nc(OC2CCN(c3cc(C(=O)O)ncn3)CC2)ncc1F. The number of carbonyl (C=O) groups is 1. The molecule has 0 aliphatic carbocycles. The smallest absolute Gasteiger partial charge is 0.354 e. The molecule has 0 bridgehead atoms. The second kappa shape index (κ2) is 6.60. The lowest BCUT2D eigenvalue weighted by Gasteiger charge is -2.32. The number of carboxylic acid groups (broad SMARTS) is 1. The molecule has 2 aromatic heterocycles. The fourth-order valence-corrected chi connectivity index (χ4v) is 2.41. The van der Waals surface area contributed by atoms with Gasteiger partial charge in [0.1, 0.15) is 18.2 Å². The molecule has 10 heteroatoms. The standard InChI is InChI=1S/C14H15FN6O3/c15-9-6-17-14(20-12(9)16)24-8-1-3-21(4-2-8)11-5-10(13(22)23)18-7-19-11/h5-8H,1-4H2,(H,22,23)(H2,16,17,20). The van der Waals surface area contributed by atoms with Gasteiger partial charge in [-0.1, -0.05) is 0 Å². The van der Waals surface area contributed by atoms with E-state index in [1.54, 1.807) is 0 Å². The first kappa shape index (κ1) is 15.8. The minimum atomic E-state index is -1.09. The van der Waals surface area contributed by atoms with Crippen LogP contribution >= 0.6 is 0 Å². The van der Waals surface area contributed by atoms with Gasteiger partial charge in [0.25, 0.3) is 0 Å². The number of halogens is 1. The molecular formula is C14H15FN6O3. The van der Waals surface area contributed by atoms with Gasteiger partial charge in [-0.3, -0.25) is 0 Å². The molecule has 0 amide bonds. The van der Waals surface area contributed by atoms with Crippen molar-refractivity contribution in [3.8, 4) is 6.01 Å². The Balaban J connectivity index is 1.60. The molecule has 1 fully saturated rings. The molecule has 3 N–H and O–H groups in total. The van der Waals surface area contributed by atoms with Crippen molar-refractivity contribution in [3.63, 3.8) is 0 Å². The van der Waals surface area contributed by atoms with E-state index < -0.39 is 11.8 Å². The molecule has 126 valence electrons. The number of piperidine rings is 1. The molecule has 0 spiro atoms. The van der Waals surface area contributed by atoms with Crippen molar-refractivity contribution in [3.05, 3.63) is 30.1 Å². The molecule has 0 atom stereocenters. The molecule has 24 heavy (non-hydrogen) atoms. The van der Waals surface area contributed by atoms with Crippen LogP contribution in [0, 0.1) is 5.82 Å². The van der Waals surface area contributed by atoms with Crippen molar-refractivity contribution in [2.24, 2.45) is 0 Å². The van der Waals surface area contributed by atoms with Crippen LogP contribution in [-0.2, 0) is 0 Å². The summed E-state index contributed by atoms with van der Waals surface area (Å²) < 4.78 is 18.7. The number of hydrogen-bond acceptors (Lipinski definition) is 8. The van der Waals surface area contributed by atoms with Crippen molar-refractivity contribution in [2.75, 3.05) is 23.7 Å². The van der Waals surface area contributed by atoms with Crippen molar-refractivity contribution in [1.82, 2.24) is 19.9 Å². The number of nitrogens with two attached hydrogens (primary N) is 1. The maximum absolute atomic E-state index is 13.0. The fraction of sp³-hybridized carbons (Fsp3) is 0.357. The summed E-state index contributed by atoms with van der Waals surface area (Å²) in [4.78, 5) is 28.2. The van der Waals surface area contributed by atoms with E-state index >= 15 is 0 Å². The van der Waals surface area contributed by atoms with E-state index in [1.165, 1.54) is 12.4 Å². The normalized spacial score (nSPS) is 15.3. The molecule has 3 heterocycles. The molecule has 9 nitrogen and oxygen atoms in total. The number of hydrogen-bond donors (Lipinski definition) is 2. The molecule has 0 radical (unpaired) electrons. The van der Waals surface area contributed by atoms with Gasteiger partial charge in [-0.25, -0.2) is 24.1 Å². The summed E-state index contributed by atoms with van der Waals surface area (Å²) in [6, 6.07) is 1.48. The zero-order chi connectivity index (χ0) is 17.1. The molecule has 2 aromatic rings. The fourth-order valence-electron chi connectivity index (χ4n) is 2.41. The first-order valence-electron chi connectivity index (χ1n) is 7.28. The maximum atomic E-state index is 13.0. The van der Waals surface area contributed by atoms with Gasteiger partial charge < -0.3 is 20.5 Å². The largest absolute Gasteiger partial charge is 0.477 e. The summed E-state index contributed by atoms with van der Waals surface area (Å²) in [7, 11) is 0. The summed E-state index contributed by atoms with van der Waals surface area (Å²) in [5, 5.41) is 8.98. The summed E-state index contributed by atoms with van der Waals surface area (Å²) in [5.41, 5.74) is 5.34. The van der Waals surface area contributed by atoms with Gasteiger partial charge in [-0.05, 0) is 0 Å². The van der Waals surface area contributed by atoms with E-state index in [-0.39, 0.29) is 23.6 Å². The Morgan fingerprint density at radius 3 is 2.75 bits per heavy atom. The third-order valence-electron chi connectivity index (χ3n) is 3.66. The molecule has 0 unspecified atom stereocenters. The predicted molar refractivity (Wildman–Crippen MR) is 81.3 cm³/mol. The number of nitrogen functional groups attached to an aromatic ring is 1. The third-order valence-corrected chi connectivity index (χ3v) is 3.66. The van der Waals surface area contributed by atoms with E-state index in [2.05, 4.69) is 19.9 Å². The number of ether oxygens (including phenoxy) is 1. The lowest BCUT2D eigenvalue weighted by Crippen LogP contribution is -2.39. The van der Waals surface area contributed by atoms with Crippen LogP contribution in [-0.4, -0.2) is 50.2 Å². The van der Waals surface area contributed by atoms with Crippen LogP contribution in [0.1, 0.15) is 23.3 Å². The first-order valence-corrected chi connectivity index (χ1v) is 7.28. The lowest BCUT2D eigenvalue weighted by molar-refractivity contribution is 0.0690. The highest BCUT2D eigenvalue weighted by atomic mass is 19.1. The van der Waals surface area contributed by atoms with Crippen LogP contribution in [0.5, 0.6) is 6.01 Å². The Kier molecular flexibility index (Phi) is 4.36. The summed E-state index contributed by atoms with van der Waals surface area (Å²) in [6.45, 7) is 1.24. The average Bonchev–Trinajstić information content (AvgIpc) is 2.59. The number of anilines is 2. The Morgan fingerprint density at radius 1 is 1.33 bits per heavy atom. The van der Waals surface area contributed by atoms with Crippen LogP contribution in [0.3, 0.4) is 0 Å². The minimum absolute atomic E-state index is 0.0440. The van der Waals surface area contributed by atoms with Gasteiger partial charge in [0, 0.05) is 32.0 Å². The van der Waals surface area contributed by atoms with Crippen molar-refractivity contribution >= 4 is 17.6 Å². The van der Waals surface area contributed by atoms with E-state index in [0.29, 0.717) is 31.7 Å². The highest BCUT2D eigenvalue weighted by Crippen LogP contribution is 2.21. The Bertz CT molecular complexity index is 751. The zero-order valence-electron chi connectivity index (χ0n) is 12.6. The second-order valence-electron chi connectivity index (χ2n) is 5.26. The van der Waals surface area contributed by atoms with Crippen LogP contribution in [0.4, 0.5) is 16.0 Å². The van der Waals surface area contributed by atoms with Gasteiger partial charge in [-0.15, -0.1) is 0 Å². The van der Waals surface area contributed by atoms with E-state index in [1.807, 2.05) is 4.90 Å². The highest BCUT2D eigenvalue weighted by molar-refractivity contribution is 5.86. The van der Waals surface area contributed by atoms with Crippen molar-refractivity contribution in [2.45, 2.75) is 18.9 Å². The maximum Gasteiger partial charge on any atom is 0.354 e. The average molecular weight is 334 g/mol. The van der Waals surface area contributed by atoms with Crippen LogP contribution in [0.15, 0.2) is 18.6 Å². The second-order valence-corrected chi connectivity index (χ2v) is 5.26. The van der Waals surface area contributed by atoms with Gasteiger partial charge in [0.05, 0.1) is 6.20 Å². The lowest BCUT2D eigenvalue weighted by atomic mass is 10.1.